The van der Waals surface area contributed by atoms with Gasteiger partial charge in [-0.1, -0.05) is 27.7 Å². The Morgan fingerprint density at radius 3 is 2.38 bits per heavy atom. The zero-order chi connectivity index (χ0) is 23.7. The molecule has 0 heterocycles. The Labute approximate surface area is 189 Å². The molecule has 0 unspecified atom stereocenters. The van der Waals surface area contributed by atoms with Crippen LogP contribution in [0, 0.1) is 16.0 Å². The van der Waals surface area contributed by atoms with Crippen molar-refractivity contribution in [1.29, 1.82) is 0 Å². The number of non-ortho nitro benzene ring substituents is 1. The molecule has 0 aliphatic carbocycles. The quantitative estimate of drug-likeness (QED) is 0.282. The van der Waals surface area contributed by atoms with Gasteiger partial charge in [-0.05, 0) is 48.2 Å². The lowest BCUT2D eigenvalue weighted by Crippen LogP contribution is -2.31. The maximum atomic E-state index is 13.0. The Hall–Kier alpha value is -2.98. The molecule has 2 rings (SSSR count). The third kappa shape index (κ3) is 6.76. The standard InChI is InChI=1S/C22H30N4O5S/c1-5-25(6-2)32(29,30)22-15-19(26(27)28)9-12-21(22)24-23-16-18-7-10-20(11-8-18)31-14-13-17(3)4/h7-12,15-17,24H,5-6,13-14H2,1-4H3/b23-16+. The molecule has 0 bridgehead atoms. The van der Waals surface area contributed by atoms with Crippen LogP contribution in [0.1, 0.15) is 39.7 Å². The summed E-state index contributed by atoms with van der Waals surface area (Å²) in [6, 6.07) is 11.0. The number of ether oxygens (including phenoxy) is 1. The van der Waals surface area contributed by atoms with E-state index in [1.165, 1.54) is 22.7 Å². The van der Waals surface area contributed by atoms with Crippen molar-refractivity contribution in [3.8, 4) is 5.75 Å². The molecule has 10 heteroatoms. The second-order valence-electron chi connectivity index (χ2n) is 7.50. The summed E-state index contributed by atoms with van der Waals surface area (Å²) >= 11 is 0. The van der Waals surface area contributed by atoms with Crippen molar-refractivity contribution < 1.29 is 18.1 Å². The molecular formula is C22H30N4O5S. The number of hydrogen-bond acceptors (Lipinski definition) is 7. The van der Waals surface area contributed by atoms with Crippen LogP contribution >= 0.6 is 0 Å². The highest BCUT2D eigenvalue weighted by atomic mass is 32.2. The summed E-state index contributed by atoms with van der Waals surface area (Å²) in [5, 5.41) is 15.3. The molecule has 2 aromatic rings. The van der Waals surface area contributed by atoms with Gasteiger partial charge in [-0.2, -0.15) is 9.41 Å². The molecule has 174 valence electrons. The average molecular weight is 463 g/mol. The number of hydrogen-bond donors (Lipinski definition) is 1. The minimum Gasteiger partial charge on any atom is -0.494 e. The number of anilines is 1. The van der Waals surface area contributed by atoms with Crippen LogP contribution in [0.25, 0.3) is 0 Å². The van der Waals surface area contributed by atoms with Gasteiger partial charge in [0.1, 0.15) is 10.6 Å². The SMILES string of the molecule is CCN(CC)S(=O)(=O)c1cc([N+](=O)[O-])ccc1N/N=C/c1ccc(OCCC(C)C)cc1. The maximum Gasteiger partial charge on any atom is 0.270 e. The van der Waals surface area contributed by atoms with Gasteiger partial charge in [-0.3, -0.25) is 15.5 Å². The van der Waals surface area contributed by atoms with Gasteiger partial charge in [0.05, 0.1) is 23.4 Å². The van der Waals surface area contributed by atoms with Crippen molar-refractivity contribution in [2.75, 3.05) is 25.1 Å². The zero-order valence-corrected chi connectivity index (χ0v) is 19.6. The summed E-state index contributed by atoms with van der Waals surface area (Å²) in [6.07, 6.45) is 2.51. The molecule has 0 saturated carbocycles. The Kier molecular flexibility index (Phi) is 9.15. The second-order valence-corrected chi connectivity index (χ2v) is 9.40. The van der Waals surface area contributed by atoms with Crippen molar-refractivity contribution >= 4 is 27.6 Å². The molecule has 0 spiro atoms. The van der Waals surface area contributed by atoms with Gasteiger partial charge in [0, 0.05) is 25.2 Å². The first-order valence-corrected chi connectivity index (χ1v) is 11.9. The molecule has 0 fully saturated rings. The van der Waals surface area contributed by atoms with Crippen molar-refractivity contribution in [1.82, 2.24) is 4.31 Å². The third-order valence-corrected chi connectivity index (χ3v) is 6.83. The van der Waals surface area contributed by atoms with Crippen LogP contribution in [0.2, 0.25) is 0 Å². The topological polar surface area (TPSA) is 114 Å². The van der Waals surface area contributed by atoms with Crippen LogP contribution in [0.15, 0.2) is 52.5 Å². The summed E-state index contributed by atoms with van der Waals surface area (Å²) in [5.41, 5.74) is 3.34. The van der Waals surface area contributed by atoms with Gasteiger partial charge in [-0.25, -0.2) is 8.42 Å². The van der Waals surface area contributed by atoms with E-state index in [2.05, 4.69) is 24.4 Å². The third-order valence-electron chi connectivity index (χ3n) is 4.74. The van der Waals surface area contributed by atoms with Crippen LogP contribution in [0.3, 0.4) is 0 Å². The van der Waals surface area contributed by atoms with Crippen LogP contribution in [0.4, 0.5) is 11.4 Å². The van der Waals surface area contributed by atoms with Gasteiger partial charge in [-0.15, -0.1) is 0 Å². The Balaban J connectivity index is 2.20. The van der Waals surface area contributed by atoms with Crippen molar-refractivity contribution in [2.45, 2.75) is 39.0 Å². The summed E-state index contributed by atoms with van der Waals surface area (Å²) in [4.78, 5) is 10.3. The number of nitro benzene ring substituents is 1. The van der Waals surface area contributed by atoms with E-state index in [4.69, 9.17) is 4.74 Å². The van der Waals surface area contributed by atoms with E-state index in [1.54, 1.807) is 13.8 Å². The monoisotopic (exact) mass is 462 g/mol. The number of hydrazone groups is 1. The molecule has 0 radical (unpaired) electrons. The molecule has 0 aromatic heterocycles. The van der Waals surface area contributed by atoms with Crippen molar-refractivity contribution in [2.24, 2.45) is 11.0 Å². The lowest BCUT2D eigenvalue weighted by Gasteiger charge is -2.20. The van der Waals surface area contributed by atoms with Gasteiger partial charge in [0.15, 0.2) is 0 Å². The highest BCUT2D eigenvalue weighted by molar-refractivity contribution is 7.89. The molecule has 1 N–H and O–H groups in total. The van der Waals surface area contributed by atoms with Gasteiger partial charge >= 0.3 is 0 Å². The van der Waals surface area contributed by atoms with E-state index in [1.807, 2.05) is 24.3 Å². The van der Waals surface area contributed by atoms with Crippen LogP contribution in [0.5, 0.6) is 5.75 Å². The fourth-order valence-electron chi connectivity index (χ4n) is 2.87. The van der Waals surface area contributed by atoms with E-state index in [-0.39, 0.29) is 29.4 Å². The summed E-state index contributed by atoms with van der Waals surface area (Å²) in [7, 11) is -3.93. The second kappa shape index (κ2) is 11.6. The molecule has 0 aliphatic rings. The van der Waals surface area contributed by atoms with Gasteiger partial charge in [0.25, 0.3) is 5.69 Å². The number of benzene rings is 2. The van der Waals surface area contributed by atoms with Gasteiger partial charge < -0.3 is 4.74 Å². The number of sulfonamides is 1. The van der Waals surface area contributed by atoms with Crippen LogP contribution < -0.4 is 10.2 Å². The van der Waals surface area contributed by atoms with Crippen LogP contribution in [-0.2, 0) is 10.0 Å². The molecule has 0 saturated heterocycles. The smallest absolute Gasteiger partial charge is 0.270 e. The number of rotatable bonds is 12. The molecule has 32 heavy (non-hydrogen) atoms. The predicted molar refractivity (Wildman–Crippen MR) is 126 cm³/mol. The first kappa shape index (κ1) is 25.3. The maximum absolute atomic E-state index is 13.0. The predicted octanol–water partition coefficient (Wildman–Crippen LogP) is 4.50. The molecule has 0 aliphatic heterocycles. The lowest BCUT2D eigenvalue weighted by atomic mass is 10.1. The molecular weight excluding hydrogens is 432 g/mol. The highest BCUT2D eigenvalue weighted by Crippen LogP contribution is 2.29. The van der Waals surface area contributed by atoms with E-state index >= 15 is 0 Å². The van der Waals surface area contributed by atoms with E-state index in [0.29, 0.717) is 12.5 Å². The minimum atomic E-state index is -3.93. The fourth-order valence-corrected chi connectivity index (χ4v) is 4.49. The van der Waals surface area contributed by atoms with Crippen LogP contribution in [-0.4, -0.2) is 43.6 Å². The molecule has 2 aromatic carbocycles. The summed E-state index contributed by atoms with van der Waals surface area (Å²) in [5.74, 6) is 1.33. The normalized spacial score (nSPS) is 11.9. The van der Waals surface area contributed by atoms with E-state index < -0.39 is 14.9 Å². The number of nitrogens with zero attached hydrogens (tertiary/aromatic N) is 3. The van der Waals surface area contributed by atoms with E-state index in [9.17, 15) is 18.5 Å². The highest BCUT2D eigenvalue weighted by Gasteiger charge is 2.27. The van der Waals surface area contributed by atoms with Crippen molar-refractivity contribution in [3.63, 3.8) is 0 Å². The first-order valence-electron chi connectivity index (χ1n) is 10.5. The zero-order valence-electron chi connectivity index (χ0n) is 18.8. The first-order chi connectivity index (χ1) is 15.2. The molecule has 0 amide bonds. The van der Waals surface area contributed by atoms with Gasteiger partial charge in [0.2, 0.25) is 10.0 Å². The molecule has 9 nitrogen and oxygen atoms in total. The summed E-state index contributed by atoms with van der Waals surface area (Å²) in [6.45, 7) is 8.83. The largest absolute Gasteiger partial charge is 0.494 e. The Bertz CT molecular complexity index is 1030. The minimum absolute atomic E-state index is 0.160. The number of nitro groups is 1. The summed E-state index contributed by atoms with van der Waals surface area (Å²) < 4.78 is 32.9. The van der Waals surface area contributed by atoms with E-state index in [0.717, 1.165) is 23.8 Å². The van der Waals surface area contributed by atoms with Crippen molar-refractivity contribution in [3.05, 3.63) is 58.1 Å². The fraction of sp³-hybridized carbons (Fsp3) is 0.409. The number of nitrogens with one attached hydrogen (secondary N) is 1. The lowest BCUT2D eigenvalue weighted by molar-refractivity contribution is -0.385. The Morgan fingerprint density at radius 2 is 1.81 bits per heavy atom. The average Bonchev–Trinajstić information content (AvgIpc) is 2.75. The molecule has 0 atom stereocenters. The Morgan fingerprint density at radius 1 is 1.16 bits per heavy atom.